The Kier molecular flexibility index (Phi) is 8.86. The maximum absolute atomic E-state index is 14.1. The van der Waals surface area contributed by atoms with E-state index in [9.17, 15) is 45.5 Å². The molecule has 0 spiro atoms. The SMILES string of the molecule is CCOc1cc([C@H]2c3sc(=O)[nH]c3SC3C4CC(C5C(=O)N(c6ccccc6C(F)(F)F)C(=O)C45)C32)ccc1OCC(=O)Nc1ccccc1C(F)(F)F. The minimum absolute atomic E-state index is 0.132. The number of rotatable bonds is 8. The predicted molar refractivity (Wildman–Crippen MR) is 186 cm³/mol. The smallest absolute Gasteiger partial charge is 0.418 e. The van der Waals surface area contributed by atoms with Crippen LogP contribution >= 0.6 is 23.1 Å². The van der Waals surface area contributed by atoms with Gasteiger partial charge >= 0.3 is 17.2 Å². The summed E-state index contributed by atoms with van der Waals surface area (Å²) in [4.78, 5) is 57.5. The van der Waals surface area contributed by atoms with Crippen LogP contribution in [0.5, 0.6) is 11.5 Å². The molecule has 2 aliphatic heterocycles. The molecule has 2 saturated carbocycles. The maximum Gasteiger partial charge on any atom is 0.418 e. The fourth-order valence-electron chi connectivity index (χ4n) is 8.81. The molecule has 6 unspecified atom stereocenters. The largest absolute Gasteiger partial charge is 0.490 e. The highest BCUT2D eigenvalue weighted by atomic mass is 32.2. The van der Waals surface area contributed by atoms with Gasteiger partial charge in [-0.15, -0.1) is 11.8 Å². The van der Waals surface area contributed by atoms with E-state index in [2.05, 4.69) is 10.3 Å². The van der Waals surface area contributed by atoms with Gasteiger partial charge in [-0.05, 0) is 73.1 Å². The van der Waals surface area contributed by atoms with E-state index in [0.717, 1.165) is 35.6 Å². The van der Waals surface area contributed by atoms with Crippen LogP contribution in [0.1, 0.15) is 40.8 Å². The fourth-order valence-corrected chi connectivity index (χ4v) is 11.7. The lowest BCUT2D eigenvalue weighted by Crippen LogP contribution is -2.42. The molecular weight excluding hydrogens is 761 g/mol. The number of alkyl halides is 6. The van der Waals surface area contributed by atoms with Crippen molar-refractivity contribution in [3.8, 4) is 11.5 Å². The molecule has 2 bridgehead atoms. The summed E-state index contributed by atoms with van der Waals surface area (Å²) in [7, 11) is 0. The van der Waals surface area contributed by atoms with Crippen molar-refractivity contribution >= 4 is 52.2 Å². The van der Waals surface area contributed by atoms with Gasteiger partial charge in [-0.2, -0.15) is 26.3 Å². The van der Waals surface area contributed by atoms with Gasteiger partial charge in [0.2, 0.25) is 11.8 Å². The number of H-pyrrole nitrogens is 1. The monoisotopic (exact) mass is 789 g/mol. The predicted octanol–water partition coefficient (Wildman–Crippen LogP) is 7.57. The van der Waals surface area contributed by atoms with Gasteiger partial charge < -0.3 is 19.8 Å². The summed E-state index contributed by atoms with van der Waals surface area (Å²) < 4.78 is 94.1. The van der Waals surface area contributed by atoms with Crippen molar-refractivity contribution in [1.29, 1.82) is 0 Å². The van der Waals surface area contributed by atoms with Crippen LogP contribution in [0.25, 0.3) is 0 Å². The number of thioether (sulfide) groups is 1. The van der Waals surface area contributed by atoms with E-state index in [1.54, 1.807) is 25.1 Å². The third-order valence-electron chi connectivity index (χ3n) is 10.7. The summed E-state index contributed by atoms with van der Waals surface area (Å²) in [6, 6.07) is 14.1. The highest BCUT2D eigenvalue weighted by molar-refractivity contribution is 8.00. The minimum Gasteiger partial charge on any atom is -0.490 e. The average Bonchev–Trinajstić information content (AvgIpc) is 3.86. The van der Waals surface area contributed by atoms with Crippen LogP contribution < -0.4 is 24.6 Å². The number of ether oxygens (including phenoxy) is 2. The van der Waals surface area contributed by atoms with Crippen molar-refractivity contribution in [2.45, 2.75) is 41.9 Å². The molecule has 9 nitrogen and oxygen atoms in total. The van der Waals surface area contributed by atoms with E-state index in [4.69, 9.17) is 9.47 Å². The lowest BCUT2D eigenvalue weighted by molar-refractivity contribution is -0.138. The molecule has 3 amide bonds. The zero-order valence-corrected chi connectivity index (χ0v) is 29.6. The number of aromatic amines is 1. The summed E-state index contributed by atoms with van der Waals surface area (Å²) in [5.41, 5.74) is -2.31. The Balaban J connectivity index is 1.10. The number of imide groups is 1. The third kappa shape index (κ3) is 5.95. The maximum atomic E-state index is 14.1. The number of benzene rings is 3. The summed E-state index contributed by atoms with van der Waals surface area (Å²) in [6.45, 7) is 1.26. The number of anilines is 2. The second-order valence-electron chi connectivity index (χ2n) is 13.5. The summed E-state index contributed by atoms with van der Waals surface area (Å²) in [5, 5.41) is 2.60. The van der Waals surface area contributed by atoms with Gasteiger partial charge in [0.05, 0.1) is 46.0 Å². The van der Waals surface area contributed by atoms with Crippen molar-refractivity contribution in [3.05, 3.63) is 98.0 Å². The Bertz CT molecular complexity index is 2240. The first-order valence-electron chi connectivity index (χ1n) is 17.0. The number of hydrogen-bond acceptors (Lipinski definition) is 8. The normalized spacial score (nSPS) is 25.7. The quantitative estimate of drug-likeness (QED) is 0.140. The third-order valence-corrected chi connectivity index (χ3v) is 13.3. The highest BCUT2D eigenvalue weighted by Crippen LogP contribution is 2.69. The van der Waals surface area contributed by atoms with Crippen LogP contribution in [0.3, 0.4) is 0 Å². The minimum atomic E-state index is -4.79. The van der Waals surface area contributed by atoms with Gasteiger partial charge in [-0.1, -0.05) is 41.7 Å². The van der Waals surface area contributed by atoms with E-state index in [0.29, 0.717) is 26.8 Å². The van der Waals surface area contributed by atoms with Gasteiger partial charge in [0.15, 0.2) is 18.1 Å². The summed E-state index contributed by atoms with van der Waals surface area (Å²) >= 11 is 2.44. The molecule has 282 valence electrons. The van der Waals surface area contributed by atoms with Crippen molar-refractivity contribution in [1.82, 2.24) is 4.98 Å². The first kappa shape index (κ1) is 36.2. The molecule has 4 aromatic rings. The molecule has 3 fully saturated rings. The number of thiazole rings is 1. The van der Waals surface area contributed by atoms with Crippen molar-refractivity contribution in [2.24, 2.45) is 29.6 Å². The number of carbonyl (C=O) groups excluding carboxylic acids is 3. The van der Waals surface area contributed by atoms with Crippen LogP contribution in [0.2, 0.25) is 0 Å². The van der Waals surface area contributed by atoms with Gasteiger partial charge in [-0.3, -0.25) is 19.2 Å². The number of amides is 3. The lowest BCUT2D eigenvalue weighted by Gasteiger charge is -2.43. The van der Waals surface area contributed by atoms with Crippen LogP contribution in [0.4, 0.5) is 37.7 Å². The summed E-state index contributed by atoms with van der Waals surface area (Å²) in [6.07, 6.45) is -8.98. The zero-order chi connectivity index (χ0) is 38.3. The number of halogens is 6. The molecule has 1 saturated heterocycles. The van der Waals surface area contributed by atoms with Crippen LogP contribution in [0, 0.1) is 29.6 Å². The van der Waals surface area contributed by atoms with Crippen LogP contribution in [-0.4, -0.2) is 41.2 Å². The number of aromatic nitrogens is 1. The van der Waals surface area contributed by atoms with Crippen molar-refractivity contribution in [2.75, 3.05) is 23.4 Å². The lowest BCUT2D eigenvalue weighted by atomic mass is 9.68. The van der Waals surface area contributed by atoms with E-state index in [1.807, 2.05) is 0 Å². The fraction of sp³-hybridized carbons (Fsp3) is 0.351. The topological polar surface area (TPSA) is 118 Å². The van der Waals surface area contributed by atoms with Crippen molar-refractivity contribution < 1.29 is 50.2 Å². The molecule has 0 radical (unpaired) electrons. The van der Waals surface area contributed by atoms with Crippen LogP contribution in [-0.2, 0) is 26.7 Å². The zero-order valence-electron chi connectivity index (χ0n) is 28.0. The number of fused-ring (bicyclic) bond motifs is 9. The first-order valence-corrected chi connectivity index (χ1v) is 18.7. The second-order valence-corrected chi connectivity index (χ2v) is 15.7. The molecule has 54 heavy (non-hydrogen) atoms. The molecule has 17 heteroatoms. The van der Waals surface area contributed by atoms with Gasteiger partial charge in [0.25, 0.3) is 5.91 Å². The van der Waals surface area contributed by atoms with Crippen LogP contribution in [0.15, 0.2) is 76.6 Å². The van der Waals surface area contributed by atoms with E-state index in [-0.39, 0.29) is 46.0 Å². The standard InChI is InChI=1S/C37H29F6N3O6S2/c1-2-51-24-13-16(11-12-23(24)52-15-25(47)44-21-9-5-3-7-19(21)36(38,39)40)26-27-17-14-18(30(27)53-32-31(26)54-35(50)45-32)29-28(17)33(48)46(34(29)49)22-10-6-4-8-20(22)37(41,42)43/h3-13,17-18,26-30H,2,14-15H2,1H3,(H,44,47)(H,45,50)/t17?,18?,26-,27?,28?,29?,30?/m1/s1. The molecule has 3 heterocycles. The number of hydrogen-bond donors (Lipinski definition) is 2. The van der Waals surface area contributed by atoms with Gasteiger partial charge in [0, 0.05) is 16.0 Å². The van der Waals surface area contributed by atoms with Gasteiger partial charge in [-0.25, -0.2) is 4.90 Å². The highest BCUT2D eigenvalue weighted by Gasteiger charge is 2.70. The Morgan fingerprint density at radius 1 is 0.870 bits per heavy atom. The molecule has 2 N–H and O–H groups in total. The molecule has 2 aliphatic carbocycles. The molecule has 4 aliphatic rings. The second kappa shape index (κ2) is 13.2. The number of para-hydroxylation sites is 2. The molecule has 8 rings (SSSR count). The van der Waals surface area contributed by atoms with E-state index < -0.39 is 76.9 Å². The molecule has 1 aromatic heterocycles. The molecule has 7 atom stereocenters. The molecule has 3 aromatic carbocycles. The number of nitrogens with one attached hydrogen (secondary N) is 2. The van der Waals surface area contributed by atoms with Gasteiger partial charge in [0.1, 0.15) is 0 Å². The summed E-state index contributed by atoms with van der Waals surface area (Å²) in [5.74, 6) is -4.95. The number of nitrogens with zero attached hydrogens (tertiary/aromatic N) is 1. The Hall–Kier alpha value is -4.77. The Morgan fingerprint density at radius 3 is 2.24 bits per heavy atom. The molecular formula is C37H29F6N3O6S2. The first-order chi connectivity index (χ1) is 25.7. The van der Waals surface area contributed by atoms with E-state index in [1.165, 1.54) is 36.0 Å². The van der Waals surface area contributed by atoms with Crippen molar-refractivity contribution in [3.63, 3.8) is 0 Å². The van der Waals surface area contributed by atoms with E-state index >= 15 is 0 Å². The average molecular weight is 790 g/mol. The Morgan fingerprint density at radius 2 is 1.54 bits per heavy atom. The number of carbonyl (C=O) groups is 3. The Labute approximate surface area is 311 Å².